The summed E-state index contributed by atoms with van der Waals surface area (Å²) < 4.78 is 29.3. The monoisotopic (exact) mass is 395 g/mol. The lowest BCUT2D eigenvalue weighted by Crippen LogP contribution is -2.14. The van der Waals surface area contributed by atoms with Gasteiger partial charge < -0.3 is 9.72 Å². The molecule has 0 fully saturated rings. The van der Waals surface area contributed by atoms with Crippen LogP contribution >= 0.6 is 11.8 Å². The minimum atomic E-state index is -0.812. The minimum Gasteiger partial charge on any atom is -0.317 e. The van der Waals surface area contributed by atoms with Gasteiger partial charge in [-0.25, -0.2) is 13.8 Å². The standard InChI is InChI=1S/C21H15F2N3OS/c22-17-4-3-5-18(23)20(17)25-21(27)14-7-9-16(10-8-14)28-13-15-12-26-11-2-1-6-19(26)24-15/h1-12H,13H2,(H,25,27). The lowest BCUT2D eigenvalue weighted by molar-refractivity contribution is 0.102. The number of hydrogen-bond donors (Lipinski definition) is 1. The molecule has 7 heteroatoms. The van der Waals surface area contributed by atoms with E-state index in [1.807, 2.05) is 35.0 Å². The van der Waals surface area contributed by atoms with Gasteiger partial charge >= 0.3 is 0 Å². The summed E-state index contributed by atoms with van der Waals surface area (Å²) in [6.07, 6.45) is 3.93. The van der Waals surface area contributed by atoms with E-state index in [0.717, 1.165) is 28.4 Å². The summed E-state index contributed by atoms with van der Waals surface area (Å²) in [5.41, 5.74) is 1.72. The highest BCUT2D eigenvalue weighted by molar-refractivity contribution is 7.98. The van der Waals surface area contributed by atoms with E-state index in [2.05, 4.69) is 10.3 Å². The molecule has 0 spiro atoms. The molecule has 0 saturated carbocycles. The summed E-state index contributed by atoms with van der Waals surface area (Å²) in [5, 5.41) is 2.28. The molecular weight excluding hydrogens is 380 g/mol. The fourth-order valence-corrected chi connectivity index (χ4v) is 3.50. The molecule has 0 atom stereocenters. The van der Waals surface area contributed by atoms with Crippen molar-refractivity contribution in [1.82, 2.24) is 9.38 Å². The number of rotatable bonds is 5. The highest BCUT2D eigenvalue weighted by Gasteiger charge is 2.13. The van der Waals surface area contributed by atoms with E-state index in [9.17, 15) is 13.6 Å². The number of amides is 1. The maximum absolute atomic E-state index is 13.7. The van der Waals surface area contributed by atoms with E-state index in [4.69, 9.17) is 0 Å². The van der Waals surface area contributed by atoms with Crippen LogP contribution in [0.2, 0.25) is 0 Å². The average Bonchev–Trinajstić information content (AvgIpc) is 3.12. The number of nitrogens with zero attached hydrogens (tertiary/aromatic N) is 2. The molecular formula is C21H15F2N3OS. The fraction of sp³-hybridized carbons (Fsp3) is 0.0476. The van der Waals surface area contributed by atoms with E-state index in [1.54, 1.807) is 36.0 Å². The van der Waals surface area contributed by atoms with Gasteiger partial charge in [0, 0.05) is 28.6 Å². The fourth-order valence-electron chi connectivity index (χ4n) is 2.72. The zero-order chi connectivity index (χ0) is 19.5. The first-order valence-electron chi connectivity index (χ1n) is 8.51. The van der Waals surface area contributed by atoms with Crippen molar-refractivity contribution < 1.29 is 13.6 Å². The summed E-state index contributed by atoms with van der Waals surface area (Å²) in [4.78, 5) is 17.8. The summed E-state index contributed by atoms with van der Waals surface area (Å²) in [6.45, 7) is 0. The zero-order valence-electron chi connectivity index (χ0n) is 14.6. The van der Waals surface area contributed by atoms with Gasteiger partial charge in [0.05, 0.1) is 5.69 Å². The molecule has 2 heterocycles. The summed E-state index contributed by atoms with van der Waals surface area (Å²) in [6, 6.07) is 16.1. The molecule has 4 rings (SSSR count). The zero-order valence-corrected chi connectivity index (χ0v) is 15.4. The quantitative estimate of drug-likeness (QED) is 0.475. The van der Waals surface area contributed by atoms with Gasteiger partial charge in [-0.1, -0.05) is 12.1 Å². The Kier molecular flexibility index (Phi) is 5.08. The van der Waals surface area contributed by atoms with Gasteiger partial charge in [0.1, 0.15) is 23.0 Å². The second-order valence-electron chi connectivity index (χ2n) is 6.06. The number of imidazole rings is 1. The number of carbonyl (C=O) groups excluding carboxylic acids is 1. The minimum absolute atomic E-state index is 0.319. The Hall–Kier alpha value is -3.19. The molecule has 1 N–H and O–H groups in total. The summed E-state index contributed by atoms with van der Waals surface area (Å²) in [7, 11) is 0. The first-order chi connectivity index (χ1) is 13.6. The molecule has 0 unspecified atom stereocenters. The molecule has 0 radical (unpaired) electrons. The Labute approximate surface area is 164 Å². The number of para-hydroxylation sites is 1. The van der Waals surface area contributed by atoms with E-state index in [0.29, 0.717) is 11.3 Å². The molecule has 4 aromatic rings. The second-order valence-corrected chi connectivity index (χ2v) is 7.11. The molecule has 28 heavy (non-hydrogen) atoms. The van der Waals surface area contributed by atoms with E-state index >= 15 is 0 Å². The first-order valence-corrected chi connectivity index (χ1v) is 9.49. The molecule has 0 aliphatic rings. The molecule has 2 aromatic heterocycles. The Morgan fingerprint density at radius 1 is 1.00 bits per heavy atom. The Morgan fingerprint density at radius 3 is 2.46 bits per heavy atom. The van der Waals surface area contributed by atoms with Crippen LogP contribution in [0.25, 0.3) is 5.65 Å². The number of carbonyl (C=O) groups is 1. The number of benzene rings is 2. The van der Waals surface area contributed by atoms with Crippen LogP contribution in [0.4, 0.5) is 14.5 Å². The average molecular weight is 395 g/mol. The van der Waals surface area contributed by atoms with Crippen molar-refractivity contribution in [3.8, 4) is 0 Å². The van der Waals surface area contributed by atoms with Crippen molar-refractivity contribution in [1.29, 1.82) is 0 Å². The third-order valence-corrected chi connectivity index (χ3v) is 5.16. The molecule has 0 aliphatic heterocycles. The van der Waals surface area contributed by atoms with Gasteiger partial charge in [-0.15, -0.1) is 11.8 Å². The molecule has 0 saturated heterocycles. The van der Waals surface area contributed by atoms with E-state index in [1.165, 1.54) is 6.07 Å². The predicted octanol–water partition coefficient (Wildman–Crippen LogP) is 5.16. The van der Waals surface area contributed by atoms with Gasteiger partial charge in [0.25, 0.3) is 5.91 Å². The van der Waals surface area contributed by atoms with Crippen molar-refractivity contribution >= 4 is 29.0 Å². The van der Waals surface area contributed by atoms with Crippen LogP contribution in [-0.2, 0) is 5.75 Å². The molecule has 4 nitrogen and oxygen atoms in total. The summed E-state index contributed by atoms with van der Waals surface area (Å²) in [5.74, 6) is -1.50. The molecule has 1 amide bonds. The SMILES string of the molecule is O=C(Nc1c(F)cccc1F)c1ccc(SCc2cn3ccccc3n2)cc1. The third kappa shape index (κ3) is 3.89. The lowest BCUT2D eigenvalue weighted by atomic mass is 10.2. The molecule has 0 bridgehead atoms. The topological polar surface area (TPSA) is 46.4 Å². The van der Waals surface area contributed by atoms with Crippen molar-refractivity contribution in [2.24, 2.45) is 0 Å². The molecule has 2 aromatic carbocycles. The van der Waals surface area contributed by atoms with Crippen LogP contribution in [0.1, 0.15) is 16.1 Å². The highest BCUT2D eigenvalue weighted by atomic mass is 32.2. The van der Waals surface area contributed by atoms with Gasteiger partial charge in [0.15, 0.2) is 0 Å². The molecule has 0 aliphatic carbocycles. The number of hydrogen-bond acceptors (Lipinski definition) is 3. The van der Waals surface area contributed by atoms with Gasteiger partial charge in [-0.3, -0.25) is 4.79 Å². The van der Waals surface area contributed by atoms with Gasteiger partial charge in [-0.2, -0.15) is 0 Å². The third-order valence-electron chi connectivity index (χ3n) is 4.12. The predicted molar refractivity (Wildman–Crippen MR) is 106 cm³/mol. The largest absolute Gasteiger partial charge is 0.317 e. The van der Waals surface area contributed by atoms with Crippen LogP contribution in [0.3, 0.4) is 0 Å². The number of pyridine rings is 1. The Bertz CT molecular complexity index is 1090. The van der Waals surface area contributed by atoms with Crippen LogP contribution < -0.4 is 5.32 Å². The van der Waals surface area contributed by atoms with Crippen LogP contribution in [0, 0.1) is 11.6 Å². The van der Waals surface area contributed by atoms with Crippen LogP contribution in [-0.4, -0.2) is 15.3 Å². The normalized spacial score (nSPS) is 10.9. The van der Waals surface area contributed by atoms with Crippen LogP contribution in [0.5, 0.6) is 0 Å². The first kappa shape index (κ1) is 18.2. The smallest absolute Gasteiger partial charge is 0.255 e. The number of nitrogens with one attached hydrogen (secondary N) is 1. The van der Waals surface area contributed by atoms with Gasteiger partial charge in [-0.05, 0) is 48.5 Å². The van der Waals surface area contributed by atoms with Crippen molar-refractivity contribution in [2.45, 2.75) is 10.6 Å². The maximum atomic E-state index is 13.7. The Balaban J connectivity index is 1.41. The van der Waals surface area contributed by atoms with Crippen LogP contribution in [0.15, 0.2) is 78.0 Å². The van der Waals surface area contributed by atoms with E-state index in [-0.39, 0.29) is 0 Å². The highest BCUT2D eigenvalue weighted by Crippen LogP contribution is 2.24. The summed E-state index contributed by atoms with van der Waals surface area (Å²) >= 11 is 1.59. The number of anilines is 1. The number of thioether (sulfide) groups is 1. The number of halogens is 2. The lowest BCUT2D eigenvalue weighted by Gasteiger charge is -2.08. The second kappa shape index (κ2) is 7.82. The Morgan fingerprint density at radius 2 is 1.75 bits per heavy atom. The maximum Gasteiger partial charge on any atom is 0.255 e. The molecule has 140 valence electrons. The number of aromatic nitrogens is 2. The van der Waals surface area contributed by atoms with Crippen molar-refractivity contribution in [3.63, 3.8) is 0 Å². The van der Waals surface area contributed by atoms with E-state index < -0.39 is 23.2 Å². The van der Waals surface area contributed by atoms with Crippen molar-refractivity contribution in [2.75, 3.05) is 5.32 Å². The van der Waals surface area contributed by atoms with Gasteiger partial charge in [0.2, 0.25) is 0 Å². The van der Waals surface area contributed by atoms with Crippen molar-refractivity contribution in [3.05, 3.63) is 95.9 Å². The number of fused-ring (bicyclic) bond motifs is 1.